The van der Waals surface area contributed by atoms with E-state index >= 15 is 0 Å². The Labute approximate surface area is 170 Å². The highest BCUT2D eigenvalue weighted by atomic mass is 35.5. The molecule has 0 bridgehead atoms. The summed E-state index contributed by atoms with van der Waals surface area (Å²) in [6.07, 6.45) is 0.402. The van der Waals surface area contributed by atoms with Crippen LogP contribution < -0.4 is 5.32 Å². The van der Waals surface area contributed by atoms with E-state index in [1.165, 1.54) is 17.1 Å². The van der Waals surface area contributed by atoms with Crippen molar-refractivity contribution in [2.45, 2.75) is 12.5 Å². The van der Waals surface area contributed by atoms with Crippen LogP contribution >= 0.6 is 11.6 Å². The molecule has 1 fully saturated rings. The van der Waals surface area contributed by atoms with E-state index in [-0.39, 0.29) is 12.4 Å². The number of nitrogens with zero attached hydrogens (tertiary/aromatic N) is 3. The fraction of sp³-hybridized carbons (Fsp3) is 0.200. The Morgan fingerprint density at radius 1 is 1.14 bits per heavy atom. The number of hydrogen-bond donors (Lipinski definition) is 1. The first-order valence-electron chi connectivity index (χ1n) is 8.91. The number of carbonyl (C=O) groups excluding carboxylic acids is 3. The summed E-state index contributed by atoms with van der Waals surface area (Å²) in [5, 5.41) is 8.66. The molecule has 1 unspecified atom stereocenters. The molecule has 4 amide bonds. The number of carbonyl (C=O) groups is 3. The van der Waals surface area contributed by atoms with Gasteiger partial charge in [-0.1, -0.05) is 35.9 Å². The molecule has 2 aromatic rings. The average Bonchev–Trinajstić information content (AvgIpc) is 3.28. The summed E-state index contributed by atoms with van der Waals surface area (Å²) in [6.45, 7) is -0.536. The average molecular weight is 415 g/mol. The zero-order valence-corrected chi connectivity index (χ0v) is 15.9. The molecule has 0 spiro atoms. The second-order valence-electron chi connectivity index (χ2n) is 6.70. The largest absolute Gasteiger partial charge is 0.329 e. The van der Waals surface area contributed by atoms with Crippen LogP contribution in [-0.2, 0) is 9.59 Å². The van der Waals surface area contributed by atoms with Gasteiger partial charge in [0.1, 0.15) is 12.4 Å². The molecule has 7 nitrogen and oxygen atoms in total. The lowest BCUT2D eigenvalue weighted by molar-refractivity contribution is -0.137. The number of benzene rings is 2. The molecule has 2 aromatic carbocycles. The van der Waals surface area contributed by atoms with Crippen LogP contribution in [0.2, 0.25) is 5.02 Å². The summed E-state index contributed by atoms with van der Waals surface area (Å²) in [7, 11) is 0. The third-order valence-electron chi connectivity index (χ3n) is 4.83. The minimum absolute atomic E-state index is 0.128. The summed E-state index contributed by atoms with van der Waals surface area (Å²) in [4.78, 5) is 37.4. The standard InChI is InChI=1S/C20H16ClFN4O3/c21-14-5-1-13(2-6-14)17-9-16(12-3-7-15(22)8-4-12)24-26(17)19(28)11-25-18(27)10-23-20(25)29/h1-8,17H,9-11H2,(H,23,29). The van der Waals surface area contributed by atoms with Gasteiger partial charge in [0.2, 0.25) is 0 Å². The minimum atomic E-state index is -0.603. The van der Waals surface area contributed by atoms with Gasteiger partial charge in [0.15, 0.2) is 0 Å². The summed E-state index contributed by atoms with van der Waals surface area (Å²) < 4.78 is 13.3. The molecule has 1 N–H and O–H groups in total. The SMILES string of the molecule is O=C1CNC(=O)N1CC(=O)N1N=C(c2ccc(F)cc2)CC1c1ccc(Cl)cc1. The van der Waals surface area contributed by atoms with Gasteiger partial charge in [0.25, 0.3) is 11.8 Å². The second kappa shape index (κ2) is 7.63. The van der Waals surface area contributed by atoms with Crippen molar-refractivity contribution in [1.82, 2.24) is 15.2 Å². The zero-order valence-electron chi connectivity index (χ0n) is 15.1. The molecule has 4 rings (SSSR count). The van der Waals surface area contributed by atoms with E-state index in [1.54, 1.807) is 36.4 Å². The molecule has 0 aromatic heterocycles. The number of hydrazone groups is 1. The summed E-state index contributed by atoms with van der Waals surface area (Å²) in [5.74, 6) is -1.33. The second-order valence-corrected chi connectivity index (χ2v) is 7.14. The van der Waals surface area contributed by atoms with Gasteiger partial charge in [-0.3, -0.25) is 14.5 Å². The van der Waals surface area contributed by atoms with Crippen molar-refractivity contribution in [3.05, 3.63) is 70.5 Å². The number of imide groups is 1. The number of urea groups is 1. The highest BCUT2D eigenvalue weighted by molar-refractivity contribution is 6.30. The smallest absolute Gasteiger partial charge is 0.325 e. The molecule has 29 heavy (non-hydrogen) atoms. The Kier molecular flexibility index (Phi) is 5.02. The van der Waals surface area contributed by atoms with Gasteiger partial charge in [-0.2, -0.15) is 5.10 Å². The Morgan fingerprint density at radius 2 is 1.83 bits per heavy atom. The van der Waals surface area contributed by atoms with Gasteiger partial charge in [0, 0.05) is 11.4 Å². The molecule has 2 heterocycles. The lowest BCUT2D eigenvalue weighted by Gasteiger charge is -2.23. The fourth-order valence-corrected chi connectivity index (χ4v) is 3.45. The van der Waals surface area contributed by atoms with Gasteiger partial charge in [0.05, 0.1) is 18.3 Å². The number of halogens is 2. The van der Waals surface area contributed by atoms with E-state index in [1.807, 2.05) is 0 Å². The Bertz CT molecular complexity index is 991. The molecule has 0 saturated carbocycles. The maximum absolute atomic E-state index is 13.3. The van der Waals surface area contributed by atoms with E-state index in [0.717, 1.165) is 10.5 Å². The topological polar surface area (TPSA) is 82.1 Å². The van der Waals surface area contributed by atoms with Gasteiger partial charge in [-0.25, -0.2) is 14.2 Å². The predicted octanol–water partition coefficient (Wildman–Crippen LogP) is 2.71. The number of hydrogen-bond acceptors (Lipinski definition) is 4. The highest BCUT2D eigenvalue weighted by Gasteiger charge is 2.37. The normalized spacial score (nSPS) is 18.8. The van der Waals surface area contributed by atoms with Crippen LogP contribution in [-0.4, -0.2) is 46.6 Å². The molecule has 1 atom stereocenters. The Morgan fingerprint density at radius 3 is 2.45 bits per heavy atom. The summed E-state index contributed by atoms with van der Waals surface area (Å²) in [6, 6.07) is 11.8. The molecule has 9 heteroatoms. The number of nitrogens with one attached hydrogen (secondary N) is 1. The van der Waals surface area contributed by atoms with Crippen LogP contribution in [0.3, 0.4) is 0 Å². The van der Waals surface area contributed by atoms with Crippen molar-refractivity contribution in [3.63, 3.8) is 0 Å². The third-order valence-corrected chi connectivity index (χ3v) is 5.08. The van der Waals surface area contributed by atoms with Crippen LogP contribution in [0, 0.1) is 5.82 Å². The molecule has 2 aliphatic rings. The van der Waals surface area contributed by atoms with Gasteiger partial charge >= 0.3 is 6.03 Å². The van der Waals surface area contributed by atoms with Crippen molar-refractivity contribution in [2.24, 2.45) is 5.10 Å². The van der Waals surface area contributed by atoms with Crippen molar-refractivity contribution < 1.29 is 18.8 Å². The van der Waals surface area contributed by atoms with Gasteiger partial charge < -0.3 is 5.32 Å². The quantitative estimate of drug-likeness (QED) is 0.781. The molecule has 148 valence electrons. The van der Waals surface area contributed by atoms with Crippen molar-refractivity contribution in [2.75, 3.05) is 13.1 Å². The maximum Gasteiger partial charge on any atom is 0.325 e. The third kappa shape index (κ3) is 3.84. The molecular formula is C20H16ClFN4O3. The number of rotatable bonds is 4. The zero-order chi connectivity index (χ0) is 20.5. The lowest BCUT2D eigenvalue weighted by Crippen LogP contribution is -2.41. The summed E-state index contributed by atoms with van der Waals surface area (Å²) in [5.41, 5.74) is 2.10. The van der Waals surface area contributed by atoms with Gasteiger partial charge in [-0.05, 0) is 35.4 Å². The van der Waals surface area contributed by atoms with E-state index in [9.17, 15) is 18.8 Å². The van der Waals surface area contributed by atoms with E-state index in [2.05, 4.69) is 10.4 Å². The maximum atomic E-state index is 13.3. The predicted molar refractivity (Wildman–Crippen MR) is 104 cm³/mol. The van der Waals surface area contributed by atoms with Crippen molar-refractivity contribution in [1.29, 1.82) is 0 Å². The molecule has 2 aliphatic heterocycles. The Hall–Kier alpha value is -3.26. The summed E-state index contributed by atoms with van der Waals surface area (Å²) >= 11 is 5.97. The van der Waals surface area contributed by atoms with Crippen LogP contribution in [0.5, 0.6) is 0 Å². The highest BCUT2D eigenvalue weighted by Crippen LogP contribution is 2.33. The first kappa shape index (κ1) is 19.1. The first-order chi connectivity index (χ1) is 13.9. The monoisotopic (exact) mass is 414 g/mol. The van der Waals surface area contributed by atoms with Gasteiger partial charge in [-0.15, -0.1) is 0 Å². The van der Waals surface area contributed by atoms with Crippen LogP contribution in [0.25, 0.3) is 0 Å². The van der Waals surface area contributed by atoms with Crippen molar-refractivity contribution in [3.8, 4) is 0 Å². The first-order valence-corrected chi connectivity index (χ1v) is 9.29. The lowest BCUT2D eigenvalue weighted by atomic mass is 9.98. The van der Waals surface area contributed by atoms with Crippen LogP contribution in [0.15, 0.2) is 53.6 Å². The van der Waals surface area contributed by atoms with E-state index in [0.29, 0.717) is 22.7 Å². The van der Waals surface area contributed by atoms with E-state index in [4.69, 9.17) is 11.6 Å². The van der Waals surface area contributed by atoms with Crippen LogP contribution in [0.4, 0.5) is 9.18 Å². The van der Waals surface area contributed by atoms with Crippen molar-refractivity contribution >= 4 is 35.2 Å². The van der Waals surface area contributed by atoms with E-state index < -0.39 is 30.4 Å². The molecule has 0 radical (unpaired) electrons. The van der Waals surface area contributed by atoms with Crippen LogP contribution in [0.1, 0.15) is 23.6 Å². The Balaban J connectivity index is 1.64. The minimum Gasteiger partial charge on any atom is -0.329 e. The molecule has 1 saturated heterocycles. The number of amides is 4. The molecule has 0 aliphatic carbocycles. The fourth-order valence-electron chi connectivity index (χ4n) is 3.32. The molecular weight excluding hydrogens is 399 g/mol.